The molecule has 0 aliphatic rings. The molecule has 8 heteroatoms. The molecule has 2 aromatic rings. The van der Waals surface area contributed by atoms with E-state index in [-0.39, 0.29) is 23.3 Å². The number of nitro benzene ring substituents is 1. The van der Waals surface area contributed by atoms with Gasteiger partial charge in [0.25, 0.3) is 5.89 Å². The summed E-state index contributed by atoms with van der Waals surface area (Å²) in [6.45, 7) is 5.72. The van der Waals surface area contributed by atoms with Crippen molar-refractivity contribution in [3.8, 4) is 5.75 Å². The zero-order valence-electron chi connectivity index (χ0n) is 12.6. The molecule has 0 spiro atoms. The monoisotopic (exact) mass is 323 g/mol. The van der Waals surface area contributed by atoms with Gasteiger partial charge in [0.2, 0.25) is 0 Å². The predicted octanol–water partition coefficient (Wildman–Crippen LogP) is 3.68. The average molecular weight is 323 g/mol. The maximum atomic E-state index is 11.1. The summed E-state index contributed by atoms with van der Waals surface area (Å²) < 4.78 is 10.6. The van der Waals surface area contributed by atoms with E-state index in [4.69, 9.17) is 9.26 Å². The van der Waals surface area contributed by atoms with Crippen molar-refractivity contribution in [1.29, 1.82) is 0 Å². The predicted molar refractivity (Wildman–Crippen MR) is 83.0 cm³/mol. The number of ether oxygens (including phenoxy) is 1. The number of thioether (sulfide) groups is 1. The Morgan fingerprint density at radius 2 is 2.27 bits per heavy atom. The number of hydrogen-bond acceptors (Lipinski definition) is 7. The lowest BCUT2D eigenvalue weighted by atomic mass is 10.2. The molecule has 7 nitrogen and oxygen atoms in total. The minimum absolute atomic E-state index is 0.000799. The first-order chi connectivity index (χ1) is 10.5. The summed E-state index contributed by atoms with van der Waals surface area (Å²) in [6.07, 6.45) is 0. The van der Waals surface area contributed by atoms with Gasteiger partial charge in [0, 0.05) is 5.56 Å². The van der Waals surface area contributed by atoms with Crippen LogP contribution in [0.25, 0.3) is 0 Å². The molecule has 0 radical (unpaired) electrons. The van der Waals surface area contributed by atoms with Gasteiger partial charge in [0.1, 0.15) is 0 Å². The molecule has 0 bridgehead atoms. The Balaban J connectivity index is 2.08. The standard InChI is InChI=1S/C14H17N3O4S/c1-4-22-10(3)14-15-12(21-16-14)8-20-11-7-5-6-9(2)13(11)17(18)19/h5-7,10H,4,8H2,1-3H3/t10-/m0/s1. The second kappa shape index (κ2) is 7.26. The highest BCUT2D eigenvalue weighted by Crippen LogP contribution is 2.31. The smallest absolute Gasteiger partial charge is 0.313 e. The molecule has 1 aromatic heterocycles. The highest BCUT2D eigenvalue weighted by Gasteiger charge is 2.19. The summed E-state index contributed by atoms with van der Waals surface area (Å²) in [5.41, 5.74) is 0.499. The summed E-state index contributed by atoms with van der Waals surface area (Å²) in [6, 6.07) is 4.92. The summed E-state index contributed by atoms with van der Waals surface area (Å²) in [5, 5.41) is 15.1. The number of hydrogen-bond donors (Lipinski definition) is 0. The summed E-state index contributed by atoms with van der Waals surface area (Å²) >= 11 is 1.71. The maximum absolute atomic E-state index is 11.1. The Morgan fingerprint density at radius 3 is 2.95 bits per heavy atom. The fraction of sp³-hybridized carbons (Fsp3) is 0.429. The van der Waals surface area contributed by atoms with E-state index in [0.717, 1.165) is 5.75 Å². The average Bonchev–Trinajstić information content (AvgIpc) is 2.94. The van der Waals surface area contributed by atoms with Crippen LogP contribution in [0.1, 0.15) is 36.4 Å². The van der Waals surface area contributed by atoms with Crippen molar-refractivity contribution in [2.45, 2.75) is 32.6 Å². The molecule has 0 fully saturated rings. The zero-order chi connectivity index (χ0) is 16.1. The molecule has 1 heterocycles. The Hall–Kier alpha value is -2.09. The molecule has 0 aliphatic carbocycles. The lowest BCUT2D eigenvalue weighted by molar-refractivity contribution is -0.386. The van der Waals surface area contributed by atoms with Crippen LogP contribution in [-0.2, 0) is 6.61 Å². The van der Waals surface area contributed by atoms with E-state index < -0.39 is 4.92 Å². The van der Waals surface area contributed by atoms with E-state index in [2.05, 4.69) is 17.1 Å². The minimum atomic E-state index is -0.454. The molecule has 0 aliphatic heterocycles. The van der Waals surface area contributed by atoms with Crippen LogP contribution in [0.4, 0.5) is 5.69 Å². The first-order valence-corrected chi connectivity index (χ1v) is 7.88. The molecular formula is C14H17N3O4S. The Kier molecular flexibility index (Phi) is 5.37. The lowest BCUT2D eigenvalue weighted by Gasteiger charge is -2.05. The molecule has 0 amide bonds. The Morgan fingerprint density at radius 1 is 1.50 bits per heavy atom. The van der Waals surface area contributed by atoms with Gasteiger partial charge in [0.15, 0.2) is 18.2 Å². The lowest BCUT2D eigenvalue weighted by Crippen LogP contribution is -2.01. The molecule has 0 saturated carbocycles. The molecule has 118 valence electrons. The first-order valence-electron chi connectivity index (χ1n) is 6.83. The normalized spacial score (nSPS) is 12.1. The number of rotatable bonds is 7. The van der Waals surface area contributed by atoms with Crippen LogP contribution in [-0.4, -0.2) is 20.8 Å². The van der Waals surface area contributed by atoms with E-state index in [9.17, 15) is 10.1 Å². The van der Waals surface area contributed by atoms with Crippen LogP contribution in [0, 0.1) is 17.0 Å². The van der Waals surface area contributed by atoms with Crippen molar-refractivity contribution >= 4 is 17.4 Å². The molecule has 0 N–H and O–H groups in total. The molecule has 2 rings (SSSR count). The van der Waals surface area contributed by atoms with Gasteiger partial charge in [-0.05, 0) is 25.7 Å². The van der Waals surface area contributed by atoms with Crippen LogP contribution in [0.5, 0.6) is 5.75 Å². The maximum Gasteiger partial charge on any atom is 0.313 e. The van der Waals surface area contributed by atoms with E-state index in [1.807, 2.05) is 6.92 Å². The number of nitro groups is 1. The minimum Gasteiger partial charge on any atom is -0.477 e. The van der Waals surface area contributed by atoms with Crippen LogP contribution >= 0.6 is 11.8 Å². The van der Waals surface area contributed by atoms with Crippen molar-refractivity contribution in [1.82, 2.24) is 10.1 Å². The van der Waals surface area contributed by atoms with E-state index >= 15 is 0 Å². The van der Waals surface area contributed by atoms with E-state index in [1.165, 1.54) is 0 Å². The number of aromatic nitrogens is 2. The third-order valence-electron chi connectivity index (χ3n) is 3.00. The summed E-state index contributed by atoms with van der Waals surface area (Å²) in [7, 11) is 0. The highest BCUT2D eigenvalue weighted by atomic mass is 32.2. The van der Waals surface area contributed by atoms with Crippen LogP contribution < -0.4 is 4.74 Å². The summed E-state index contributed by atoms with van der Waals surface area (Å²) in [4.78, 5) is 14.9. The quantitative estimate of drug-likeness (QED) is 0.567. The van der Waals surface area contributed by atoms with Crippen LogP contribution in [0.3, 0.4) is 0 Å². The zero-order valence-corrected chi connectivity index (χ0v) is 13.4. The van der Waals surface area contributed by atoms with Crippen LogP contribution in [0.2, 0.25) is 0 Å². The number of aryl methyl sites for hydroxylation is 1. The third kappa shape index (κ3) is 3.76. The molecule has 0 unspecified atom stereocenters. The first kappa shape index (κ1) is 16.3. The fourth-order valence-corrected chi connectivity index (χ4v) is 2.68. The fourth-order valence-electron chi connectivity index (χ4n) is 1.94. The van der Waals surface area contributed by atoms with Gasteiger partial charge in [-0.3, -0.25) is 10.1 Å². The van der Waals surface area contributed by atoms with Crippen molar-refractivity contribution in [3.05, 3.63) is 45.6 Å². The van der Waals surface area contributed by atoms with Gasteiger partial charge in [0.05, 0.1) is 10.2 Å². The Bertz CT molecular complexity index is 659. The molecule has 1 aromatic carbocycles. The number of nitrogens with zero attached hydrogens (tertiary/aromatic N) is 3. The van der Waals surface area contributed by atoms with Gasteiger partial charge in [-0.2, -0.15) is 16.7 Å². The highest BCUT2D eigenvalue weighted by molar-refractivity contribution is 7.99. The number of para-hydroxylation sites is 1. The third-order valence-corrected chi connectivity index (χ3v) is 4.04. The topological polar surface area (TPSA) is 91.3 Å². The van der Waals surface area contributed by atoms with Gasteiger partial charge >= 0.3 is 5.69 Å². The van der Waals surface area contributed by atoms with Gasteiger partial charge in [-0.1, -0.05) is 24.2 Å². The van der Waals surface area contributed by atoms with Crippen molar-refractivity contribution in [2.24, 2.45) is 0 Å². The largest absolute Gasteiger partial charge is 0.477 e. The molecule has 22 heavy (non-hydrogen) atoms. The van der Waals surface area contributed by atoms with E-state index in [1.54, 1.807) is 36.9 Å². The van der Waals surface area contributed by atoms with Gasteiger partial charge in [-0.25, -0.2) is 0 Å². The van der Waals surface area contributed by atoms with Crippen LogP contribution in [0.15, 0.2) is 22.7 Å². The van der Waals surface area contributed by atoms with Crippen molar-refractivity contribution < 1.29 is 14.2 Å². The van der Waals surface area contributed by atoms with Crippen molar-refractivity contribution in [2.75, 3.05) is 5.75 Å². The van der Waals surface area contributed by atoms with Gasteiger partial charge < -0.3 is 9.26 Å². The molecule has 0 saturated heterocycles. The molecular weight excluding hydrogens is 306 g/mol. The molecule has 1 atom stereocenters. The van der Waals surface area contributed by atoms with Crippen molar-refractivity contribution in [3.63, 3.8) is 0 Å². The Labute approximate surface area is 132 Å². The number of benzene rings is 1. The second-order valence-electron chi connectivity index (χ2n) is 4.61. The second-order valence-corrected chi connectivity index (χ2v) is 6.23. The van der Waals surface area contributed by atoms with Gasteiger partial charge in [-0.15, -0.1) is 0 Å². The summed E-state index contributed by atoms with van der Waals surface area (Å²) in [5.74, 6) is 2.05. The van der Waals surface area contributed by atoms with E-state index in [0.29, 0.717) is 17.3 Å². The SMILES string of the molecule is CCS[C@@H](C)c1noc(COc2cccc(C)c2[N+](=O)[O-])n1.